The zero-order valence-electron chi connectivity index (χ0n) is 14.7. The average Bonchev–Trinajstić information content (AvgIpc) is 3.39. The monoisotopic (exact) mass is 404 g/mol. The quantitative estimate of drug-likeness (QED) is 0.513. The summed E-state index contributed by atoms with van der Waals surface area (Å²) in [5.74, 6) is -0.346. The van der Waals surface area contributed by atoms with Gasteiger partial charge in [-0.3, -0.25) is 19.3 Å². The van der Waals surface area contributed by atoms with Gasteiger partial charge in [0.15, 0.2) is 0 Å². The maximum atomic E-state index is 12.4. The molecule has 0 atom stereocenters. The van der Waals surface area contributed by atoms with E-state index in [1.165, 1.54) is 16.2 Å². The average molecular weight is 405 g/mol. The number of nitrogens with one attached hydrogen (secondary N) is 1. The van der Waals surface area contributed by atoms with Crippen LogP contribution in [0.4, 0.5) is 4.79 Å². The SMILES string of the molecule is O=C(CCCN1C(=O)SC(=Cc2cccs2)C1=O)NCCCn1ccnc1. The van der Waals surface area contributed by atoms with Crippen LogP contribution in [0.5, 0.6) is 0 Å². The van der Waals surface area contributed by atoms with Crippen LogP contribution in [0.15, 0.2) is 41.1 Å². The van der Waals surface area contributed by atoms with Crippen molar-refractivity contribution in [1.82, 2.24) is 19.8 Å². The number of aromatic nitrogens is 2. The highest BCUT2D eigenvalue weighted by atomic mass is 32.2. The van der Waals surface area contributed by atoms with Crippen molar-refractivity contribution >= 4 is 46.2 Å². The van der Waals surface area contributed by atoms with Crippen molar-refractivity contribution in [2.24, 2.45) is 0 Å². The van der Waals surface area contributed by atoms with Gasteiger partial charge in [0.2, 0.25) is 5.91 Å². The van der Waals surface area contributed by atoms with Crippen LogP contribution in [0.3, 0.4) is 0 Å². The maximum Gasteiger partial charge on any atom is 0.293 e. The Morgan fingerprint density at radius 1 is 1.26 bits per heavy atom. The number of aryl methyl sites for hydroxylation is 1. The number of thiophene rings is 1. The predicted molar refractivity (Wildman–Crippen MR) is 106 cm³/mol. The van der Waals surface area contributed by atoms with E-state index >= 15 is 0 Å². The summed E-state index contributed by atoms with van der Waals surface area (Å²) in [4.78, 5) is 42.8. The summed E-state index contributed by atoms with van der Waals surface area (Å²) in [6.45, 7) is 1.64. The second kappa shape index (κ2) is 9.52. The molecule has 27 heavy (non-hydrogen) atoms. The molecule has 1 saturated heterocycles. The van der Waals surface area contributed by atoms with Crippen molar-refractivity contribution in [3.63, 3.8) is 0 Å². The Labute approximate surface area is 165 Å². The third-order valence-electron chi connectivity index (χ3n) is 3.95. The Morgan fingerprint density at radius 3 is 2.89 bits per heavy atom. The molecular weight excluding hydrogens is 384 g/mol. The molecule has 3 amide bonds. The zero-order valence-corrected chi connectivity index (χ0v) is 16.3. The van der Waals surface area contributed by atoms with E-state index in [4.69, 9.17) is 0 Å². The summed E-state index contributed by atoms with van der Waals surface area (Å²) in [5.41, 5.74) is 0. The third kappa shape index (κ3) is 5.54. The van der Waals surface area contributed by atoms with E-state index in [0.29, 0.717) is 17.9 Å². The summed E-state index contributed by atoms with van der Waals surface area (Å²) >= 11 is 2.47. The minimum absolute atomic E-state index is 0.0678. The lowest BCUT2D eigenvalue weighted by Gasteiger charge is -2.12. The maximum absolute atomic E-state index is 12.4. The molecule has 0 saturated carbocycles. The van der Waals surface area contributed by atoms with E-state index in [-0.39, 0.29) is 30.0 Å². The molecule has 1 fully saturated rings. The normalized spacial score (nSPS) is 15.7. The molecule has 0 spiro atoms. The fourth-order valence-corrected chi connectivity index (χ4v) is 4.18. The fraction of sp³-hybridized carbons (Fsp3) is 0.333. The number of amides is 3. The van der Waals surface area contributed by atoms with E-state index in [9.17, 15) is 14.4 Å². The summed E-state index contributed by atoms with van der Waals surface area (Å²) in [6.07, 6.45) is 8.64. The largest absolute Gasteiger partial charge is 0.356 e. The van der Waals surface area contributed by atoms with E-state index in [2.05, 4.69) is 10.3 Å². The van der Waals surface area contributed by atoms with Gasteiger partial charge in [-0.15, -0.1) is 11.3 Å². The van der Waals surface area contributed by atoms with Crippen LogP contribution < -0.4 is 5.32 Å². The minimum Gasteiger partial charge on any atom is -0.356 e. The van der Waals surface area contributed by atoms with Crippen molar-refractivity contribution in [2.75, 3.05) is 13.1 Å². The number of imidazole rings is 1. The molecule has 0 aromatic carbocycles. The van der Waals surface area contributed by atoms with Gasteiger partial charge in [-0.25, -0.2) is 4.98 Å². The van der Waals surface area contributed by atoms with E-state index < -0.39 is 0 Å². The van der Waals surface area contributed by atoms with Crippen LogP contribution in [0, 0.1) is 0 Å². The van der Waals surface area contributed by atoms with Gasteiger partial charge in [-0.2, -0.15) is 0 Å². The summed E-state index contributed by atoms with van der Waals surface area (Å²) in [6, 6.07) is 3.80. The molecule has 0 radical (unpaired) electrons. The number of imide groups is 1. The van der Waals surface area contributed by atoms with Crippen molar-refractivity contribution in [1.29, 1.82) is 0 Å². The highest BCUT2D eigenvalue weighted by Gasteiger charge is 2.34. The number of hydrogen-bond donors (Lipinski definition) is 1. The Hall–Kier alpha value is -2.39. The van der Waals surface area contributed by atoms with Crippen molar-refractivity contribution in [3.8, 4) is 0 Å². The Morgan fingerprint density at radius 2 is 2.15 bits per heavy atom. The summed E-state index contributed by atoms with van der Waals surface area (Å²) < 4.78 is 1.95. The Balaban J connectivity index is 1.36. The molecule has 1 aliphatic heterocycles. The third-order valence-corrected chi connectivity index (χ3v) is 5.68. The Bertz CT molecular complexity index is 816. The first-order valence-electron chi connectivity index (χ1n) is 8.65. The van der Waals surface area contributed by atoms with Crippen molar-refractivity contribution in [3.05, 3.63) is 46.0 Å². The first kappa shape index (κ1) is 19.4. The topological polar surface area (TPSA) is 84.3 Å². The Kier molecular flexibility index (Phi) is 6.83. The smallest absolute Gasteiger partial charge is 0.293 e. The van der Waals surface area contributed by atoms with Crippen molar-refractivity contribution in [2.45, 2.75) is 25.8 Å². The minimum atomic E-state index is -0.279. The summed E-state index contributed by atoms with van der Waals surface area (Å²) in [5, 5.41) is 4.50. The molecule has 0 aliphatic carbocycles. The van der Waals surface area contributed by atoms with Crippen LogP contribution in [-0.4, -0.2) is 44.6 Å². The molecule has 2 aromatic rings. The molecular formula is C18H20N4O3S2. The zero-order chi connectivity index (χ0) is 19.1. The lowest BCUT2D eigenvalue weighted by Crippen LogP contribution is -2.31. The molecule has 1 aliphatic rings. The van der Waals surface area contributed by atoms with E-state index in [0.717, 1.165) is 29.6 Å². The van der Waals surface area contributed by atoms with Gasteiger partial charge in [0.05, 0.1) is 11.2 Å². The van der Waals surface area contributed by atoms with Crippen LogP contribution in [0.25, 0.3) is 6.08 Å². The van der Waals surface area contributed by atoms with E-state index in [1.807, 2.05) is 28.3 Å². The second-order valence-electron chi connectivity index (χ2n) is 5.96. The molecule has 0 bridgehead atoms. The van der Waals surface area contributed by atoms with Gasteiger partial charge in [0, 0.05) is 43.3 Å². The van der Waals surface area contributed by atoms with E-state index in [1.54, 1.807) is 18.6 Å². The number of nitrogens with zero attached hydrogens (tertiary/aromatic N) is 3. The highest BCUT2D eigenvalue weighted by Crippen LogP contribution is 2.33. The van der Waals surface area contributed by atoms with Gasteiger partial charge in [0.25, 0.3) is 11.1 Å². The molecule has 1 N–H and O–H groups in total. The summed E-state index contributed by atoms with van der Waals surface area (Å²) in [7, 11) is 0. The van der Waals surface area contributed by atoms with Gasteiger partial charge in [-0.1, -0.05) is 6.07 Å². The van der Waals surface area contributed by atoms with Crippen molar-refractivity contribution < 1.29 is 14.4 Å². The number of thioether (sulfide) groups is 1. The first-order chi connectivity index (χ1) is 13.1. The standard InChI is InChI=1S/C18H20N4O3S2/c23-16(20-6-3-8-21-10-7-19-13-21)5-1-9-22-17(24)15(27-18(22)25)12-14-4-2-11-26-14/h2,4,7,10-13H,1,3,5-6,8-9H2,(H,20,23). The number of hydrogen-bond acceptors (Lipinski definition) is 6. The van der Waals surface area contributed by atoms with Gasteiger partial charge in [-0.05, 0) is 42.1 Å². The lowest BCUT2D eigenvalue weighted by molar-refractivity contribution is -0.124. The molecule has 3 heterocycles. The van der Waals surface area contributed by atoms with Crippen LogP contribution in [-0.2, 0) is 16.1 Å². The van der Waals surface area contributed by atoms with Crippen LogP contribution >= 0.6 is 23.1 Å². The van der Waals surface area contributed by atoms with Crippen LogP contribution in [0.1, 0.15) is 24.1 Å². The highest BCUT2D eigenvalue weighted by molar-refractivity contribution is 8.18. The van der Waals surface area contributed by atoms with Gasteiger partial charge < -0.3 is 9.88 Å². The predicted octanol–water partition coefficient (Wildman–Crippen LogP) is 2.97. The number of carbonyl (C=O) groups excluding carboxylic acids is 3. The fourth-order valence-electron chi connectivity index (χ4n) is 2.59. The second-order valence-corrected chi connectivity index (χ2v) is 7.93. The molecule has 0 unspecified atom stereocenters. The van der Waals surface area contributed by atoms with Crippen LogP contribution in [0.2, 0.25) is 0 Å². The molecule has 142 valence electrons. The van der Waals surface area contributed by atoms with Gasteiger partial charge in [0.1, 0.15) is 0 Å². The number of carbonyl (C=O) groups is 3. The molecule has 9 heteroatoms. The molecule has 3 rings (SSSR count). The first-order valence-corrected chi connectivity index (χ1v) is 10.3. The van der Waals surface area contributed by atoms with Gasteiger partial charge >= 0.3 is 0 Å². The molecule has 2 aromatic heterocycles. The molecule has 7 nitrogen and oxygen atoms in total. The number of rotatable bonds is 9. The lowest BCUT2D eigenvalue weighted by atomic mass is 10.2.